The van der Waals surface area contributed by atoms with E-state index >= 15 is 0 Å². The summed E-state index contributed by atoms with van der Waals surface area (Å²) in [5, 5.41) is 3.58. The molecule has 2 aromatic carbocycles. The van der Waals surface area contributed by atoms with Gasteiger partial charge in [0, 0.05) is 0 Å². The van der Waals surface area contributed by atoms with Gasteiger partial charge in [-0.1, -0.05) is 43.3 Å². The van der Waals surface area contributed by atoms with Crippen molar-refractivity contribution in [2.45, 2.75) is 89.4 Å². The zero-order valence-corrected chi connectivity index (χ0v) is 22.7. The first-order chi connectivity index (χ1) is 17.7. The van der Waals surface area contributed by atoms with Crippen LogP contribution < -0.4 is 10.8 Å². The zero-order chi connectivity index (χ0) is 25.5. The van der Waals surface area contributed by atoms with Gasteiger partial charge in [-0.15, -0.1) is 0 Å². The van der Waals surface area contributed by atoms with Crippen molar-refractivity contribution in [2.24, 2.45) is 5.92 Å². The molecule has 2 saturated heterocycles. The van der Waals surface area contributed by atoms with Gasteiger partial charge < -0.3 is 19.6 Å². The second kappa shape index (κ2) is 8.30. The molecular weight excluding hydrogens is 457 g/mol. The fourth-order valence-electron chi connectivity index (χ4n) is 7.09. The molecule has 192 valence electrons. The van der Waals surface area contributed by atoms with Crippen LogP contribution in [0.2, 0.25) is 0 Å². The molecular formula is C31H38BN3O2. The van der Waals surface area contributed by atoms with Crippen molar-refractivity contribution in [3.63, 3.8) is 0 Å². The fraction of sp³-hybridized carbons (Fsp3) is 0.516. The van der Waals surface area contributed by atoms with Gasteiger partial charge in [-0.3, -0.25) is 0 Å². The van der Waals surface area contributed by atoms with E-state index < -0.39 is 0 Å². The van der Waals surface area contributed by atoms with Crippen molar-refractivity contribution in [1.29, 1.82) is 0 Å². The summed E-state index contributed by atoms with van der Waals surface area (Å²) in [5.74, 6) is 3.03. The number of hydrogen-bond acceptors (Lipinski definition) is 4. The number of benzene rings is 2. The predicted octanol–water partition coefficient (Wildman–Crippen LogP) is 6.08. The van der Waals surface area contributed by atoms with Gasteiger partial charge in [-0.2, -0.15) is 0 Å². The molecule has 1 aromatic heterocycles. The van der Waals surface area contributed by atoms with Crippen LogP contribution in [-0.4, -0.2) is 34.8 Å². The molecule has 4 unspecified atom stereocenters. The lowest BCUT2D eigenvalue weighted by Crippen LogP contribution is -2.41. The molecule has 2 bridgehead atoms. The Hall–Kier alpha value is -2.41. The van der Waals surface area contributed by atoms with E-state index in [0.29, 0.717) is 23.8 Å². The summed E-state index contributed by atoms with van der Waals surface area (Å²) in [6.45, 7) is 11.9. The second-order valence-electron chi connectivity index (χ2n) is 12.9. The van der Waals surface area contributed by atoms with Crippen molar-refractivity contribution >= 4 is 12.6 Å². The van der Waals surface area contributed by atoms with Gasteiger partial charge in [-0.05, 0) is 111 Å². The molecule has 4 aliphatic rings. The van der Waals surface area contributed by atoms with E-state index in [2.05, 4.69) is 86.3 Å². The molecule has 4 atom stereocenters. The Kier molecular flexibility index (Phi) is 5.31. The average Bonchev–Trinajstić information content (AvgIpc) is 3.68. The smallest absolute Gasteiger partial charge is 0.399 e. The Morgan fingerprint density at radius 3 is 2.22 bits per heavy atom. The Labute approximate surface area is 220 Å². The average molecular weight is 495 g/mol. The van der Waals surface area contributed by atoms with Gasteiger partial charge in [0.25, 0.3) is 0 Å². The van der Waals surface area contributed by atoms with Crippen LogP contribution in [0.15, 0.2) is 42.6 Å². The van der Waals surface area contributed by atoms with Gasteiger partial charge >= 0.3 is 7.12 Å². The quantitative estimate of drug-likeness (QED) is 0.431. The number of H-pyrrole nitrogens is 1. The summed E-state index contributed by atoms with van der Waals surface area (Å²) in [6, 6.07) is 14.0. The number of nitrogens with zero attached hydrogens (tertiary/aromatic N) is 1. The maximum atomic E-state index is 6.50. The first kappa shape index (κ1) is 23.7. The molecule has 2 aliphatic heterocycles. The summed E-state index contributed by atoms with van der Waals surface area (Å²) < 4.78 is 13.0. The van der Waals surface area contributed by atoms with E-state index in [0.717, 1.165) is 24.5 Å². The van der Waals surface area contributed by atoms with Gasteiger partial charge in [0.1, 0.15) is 5.82 Å². The number of aromatic amines is 1. The highest BCUT2D eigenvalue weighted by Gasteiger charge is 2.53. The minimum Gasteiger partial charge on any atom is -0.399 e. The molecule has 3 fully saturated rings. The summed E-state index contributed by atoms with van der Waals surface area (Å²) in [5.41, 5.74) is 8.59. The molecule has 6 heteroatoms. The van der Waals surface area contributed by atoms with Crippen LogP contribution in [0.25, 0.3) is 22.4 Å². The normalized spacial score (nSPS) is 29.3. The maximum Gasteiger partial charge on any atom is 0.495 e. The standard InChI is InChI=1S/C31H38BN3O2/c1-18-14-25(33-16-18)29-34-17-26(35-29)20-8-6-19(7-9-20)23-12-13-24(28-22-11-10-21(15-22)27(23)28)32-36-30(2,3)31(4,5)37-32/h6-9,12-13,17-18,21-22,25,33H,10-11,14-16H2,1-5H3,(H,34,35). The van der Waals surface area contributed by atoms with Crippen molar-refractivity contribution in [2.75, 3.05) is 6.54 Å². The zero-order valence-electron chi connectivity index (χ0n) is 22.7. The molecule has 2 aliphatic carbocycles. The summed E-state index contributed by atoms with van der Waals surface area (Å²) in [4.78, 5) is 8.25. The van der Waals surface area contributed by atoms with Gasteiger partial charge in [0.15, 0.2) is 0 Å². The highest BCUT2D eigenvalue weighted by atomic mass is 16.7. The van der Waals surface area contributed by atoms with Crippen LogP contribution in [0.3, 0.4) is 0 Å². The molecule has 0 radical (unpaired) electrons. The number of imidazole rings is 1. The summed E-state index contributed by atoms with van der Waals surface area (Å²) in [7, 11) is -0.290. The first-order valence-corrected chi connectivity index (χ1v) is 14.1. The summed E-state index contributed by atoms with van der Waals surface area (Å²) >= 11 is 0. The monoisotopic (exact) mass is 495 g/mol. The van der Waals surface area contributed by atoms with Crippen molar-refractivity contribution < 1.29 is 9.31 Å². The number of fused-ring (bicyclic) bond motifs is 5. The molecule has 7 rings (SSSR count). The molecule has 3 heterocycles. The van der Waals surface area contributed by atoms with Crippen LogP contribution in [0.1, 0.15) is 95.1 Å². The Morgan fingerprint density at radius 2 is 1.54 bits per heavy atom. The Balaban J connectivity index is 1.20. The molecule has 37 heavy (non-hydrogen) atoms. The van der Waals surface area contributed by atoms with E-state index in [9.17, 15) is 0 Å². The van der Waals surface area contributed by atoms with Crippen LogP contribution in [0.4, 0.5) is 0 Å². The van der Waals surface area contributed by atoms with E-state index in [-0.39, 0.29) is 18.3 Å². The SMILES string of the molecule is CC1CNC(c2ncc(-c3ccc(-c4ccc(B5OC(C)(C)C(C)(C)O5)c5c4C4CCC5C4)cc3)[nH]2)C1. The van der Waals surface area contributed by atoms with Gasteiger partial charge in [-0.25, -0.2) is 4.98 Å². The highest BCUT2D eigenvalue weighted by Crippen LogP contribution is 2.55. The first-order valence-electron chi connectivity index (χ1n) is 14.1. The van der Waals surface area contributed by atoms with E-state index in [1.54, 1.807) is 5.56 Å². The topological polar surface area (TPSA) is 59.2 Å². The minimum atomic E-state index is -0.324. The van der Waals surface area contributed by atoms with Crippen molar-refractivity contribution in [3.8, 4) is 22.4 Å². The second-order valence-corrected chi connectivity index (χ2v) is 12.9. The number of rotatable bonds is 4. The maximum absolute atomic E-state index is 6.50. The third-order valence-electron chi connectivity index (χ3n) is 9.86. The van der Waals surface area contributed by atoms with Crippen LogP contribution in [0, 0.1) is 5.92 Å². The molecule has 2 N–H and O–H groups in total. The van der Waals surface area contributed by atoms with Crippen molar-refractivity contribution in [1.82, 2.24) is 15.3 Å². The predicted molar refractivity (Wildman–Crippen MR) is 149 cm³/mol. The third-order valence-corrected chi connectivity index (χ3v) is 9.86. The molecule has 1 saturated carbocycles. The van der Waals surface area contributed by atoms with Crippen molar-refractivity contribution in [3.05, 3.63) is 59.5 Å². The van der Waals surface area contributed by atoms with Crippen LogP contribution in [-0.2, 0) is 9.31 Å². The molecule has 3 aromatic rings. The fourth-order valence-corrected chi connectivity index (χ4v) is 7.09. The molecule has 0 spiro atoms. The van der Waals surface area contributed by atoms with E-state index in [1.165, 1.54) is 47.0 Å². The van der Waals surface area contributed by atoms with Gasteiger partial charge in [0.2, 0.25) is 0 Å². The number of aromatic nitrogens is 2. The largest absolute Gasteiger partial charge is 0.495 e. The highest BCUT2D eigenvalue weighted by molar-refractivity contribution is 6.62. The summed E-state index contributed by atoms with van der Waals surface area (Å²) in [6.07, 6.45) is 6.96. The lowest BCUT2D eigenvalue weighted by Gasteiger charge is -2.32. The van der Waals surface area contributed by atoms with Crippen LogP contribution >= 0.6 is 0 Å². The lowest BCUT2D eigenvalue weighted by atomic mass is 9.70. The third kappa shape index (κ3) is 3.75. The Morgan fingerprint density at radius 1 is 0.865 bits per heavy atom. The minimum absolute atomic E-state index is 0.290. The van der Waals surface area contributed by atoms with E-state index in [1.807, 2.05) is 6.20 Å². The van der Waals surface area contributed by atoms with E-state index in [4.69, 9.17) is 9.31 Å². The number of hydrogen-bond donors (Lipinski definition) is 2. The Bertz CT molecular complexity index is 1330. The van der Waals surface area contributed by atoms with Crippen LogP contribution in [0.5, 0.6) is 0 Å². The van der Waals surface area contributed by atoms with Gasteiger partial charge in [0.05, 0.1) is 29.1 Å². The molecule has 0 amide bonds. The lowest BCUT2D eigenvalue weighted by molar-refractivity contribution is 0.00578. The number of nitrogens with one attached hydrogen (secondary N) is 2. The molecule has 5 nitrogen and oxygen atoms in total.